The molecule has 2 aliphatic rings. The second-order valence-electron chi connectivity index (χ2n) is 11.7. The Labute approximate surface area is 332 Å². The van der Waals surface area contributed by atoms with Crippen molar-refractivity contribution in [2.24, 2.45) is 0 Å². The van der Waals surface area contributed by atoms with E-state index in [2.05, 4.69) is 42.7 Å². The highest BCUT2D eigenvalue weighted by Crippen LogP contribution is 2.37. The molecule has 330 valence electrons. The highest BCUT2D eigenvalue weighted by molar-refractivity contribution is 7.23. The van der Waals surface area contributed by atoms with E-state index in [1.807, 2.05) is 12.4 Å². The van der Waals surface area contributed by atoms with Crippen LogP contribution in [0.25, 0.3) is 41.8 Å². The van der Waals surface area contributed by atoms with Gasteiger partial charge in [0, 0.05) is 0 Å². The molecule has 5 aromatic rings. The lowest BCUT2D eigenvalue weighted by molar-refractivity contribution is -0.193. The Morgan fingerprint density at radius 3 is 1.07 bits per heavy atom. The van der Waals surface area contributed by atoms with Crippen molar-refractivity contribution < 1.29 is 92.3 Å². The summed E-state index contributed by atoms with van der Waals surface area (Å²) < 4.78 is 129. The first-order valence-electron chi connectivity index (χ1n) is 16.1. The summed E-state index contributed by atoms with van der Waals surface area (Å²) in [6.07, 6.45) is -11.9. The zero-order valence-electron chi connectivity index (χ0n) is 29.3. The number of rotatable bonds is 4. The number of alkyl halides is 12. The summed E-state index contributed by atoms with van der Waals surface area (Å²) in [4.78, 5) is 61.5. The van der Waals surface area contributed by atoms with Crippen LogP contribution >= 0.6 is 22.7 Å². The monoisotopic (exact) mass is 918 g/mol. The van der Waals surface area contributed by atoms with Gasteiger partial charge in [-0.05, 0) is 50.9 Å². The summed E-state index contributed by atoms with van der Waals surface area (Å²) in [7, 11) is 0. The van der Waals surface area contributed by atoms with Crippen LogP contribution in [-0.4, -0.2) is 112 Å². The van der Waals surface area contributed by atoms with Gasteiger partial charge in [0.2, 0.25) is 0 Å². The molecule has 0 radical (unpaired) electrons. The lowest BCUT2D eigenvalue weighted by atomic mass is 10.2. The summed E-state index contributed by atoms with van der Waals surface area (Å²) in [6.45, 7) is 2.12. The zero-order chi connectivity index (χ0) is 45.4. The molecule has 2 fully saturated rings. The Kier molecular flexibility index (Phi) is 15.9. The standard InChI is InChI=1S/C22H22N8S2.4C2HF3O2/c1-3-11(23-5-1)19-25-9-15(27-19)21-29-13-7-18-14(8-17(13)31-21)30-22(32-18)16-10-26-20(28-16)12-4-2-6-24-12;4*3-2(4,5)1(6)7/h7-12,23-24H,1-6H2,(H,25,27)(H,26,28);4*(H,6,7)/t11-,12-;;;;/m0..../s1. The van der Waals surface area contributed by atoms with Crippen LogP contribution in [0.15, 0.2) is 24.5 Å². The smallest absolute Gasteiger partial charge is 0.475 e. The summed E-state index contributed by atoms with van der Waals surface area (Å²) >= 11 is 3.36. The second-order valence-corrected chi connectivity index (χ2v) is 13.8. The molecule has 8 N–H and O–H groups in total. The van der Waals surface area contributed by atoms with Gasteiger partial charge in [0.1, 0.15) is 21.7 Å². The summed E-state index contributed by atoms with van der Waals surface area (Å²) in [5.74, 6) is -9.01. The van der Waals surface area contributed by atoms with Gasteiger partial charge in [-0.25, -0.2) is 39.1 Å². The van der Waals surface area contributed by atoms with Gasteiger partial charge in [-0.2, -0.15) is 52.7 Å². The third-order valence-corrected chi connectivity index (χ3v) is 9.40. The molecule has 0 bridgehead atoms. The minimum absolute atomic E-state index is 0.332. The molecule has 7 rings (SSSR count). The number of fused-ring (bicyclic) bond motifs is 2. The van der Waals surface area contributed by atoms with E-state index >= 15 is 0 Å². The molecule has 1 aromatic carbocycles. The number of aromatic amines is 2. The van der Waals surface area contributed by atoms with E-state index in [4.69, 9.17) is 49.6 Å². The number of imidazole rings is 2. The average Bonchev–Trinajstić information content (AvgIpc) is 3.97. The zero-order valence-corrected chi connectivity index (χ0v) is 30.9. The molecule has 0 saturated carbocycles. The van der Waals surface area contributed by atoms with Gasteiger partial charge < -0.3 is 41.0 Å². The number of nitrogens with zero attached hydrogens (tertiary/aromatic N) is 4. The van der Waals surface area contributed by atoms with Gasteiger partial charge in [-0.3, -0.25) is 0 Å². The van der Waals surface area contributed by atoms with E-state index in [0.29, 0.717) is 12.1 Å². The molecule has 0 aliphatic carbocycles. The maximum absolute atomic E-state index is 10.6. The number of benzene rings is 1. The van der Waals surface area contributed by atoms with Crippen molar-refractivity contribution >= 4 is 67.0 Å². The van der Waals surface area contributed by atoms with Crippen molar-refractivity contribution in [3.05, 3.63) is 36.2 Å². The molecule has 0 unspecified atom stereocenters. The van der Waals surface area contributed by atoms with Crippen LogP contribution in [0.3, 0.4) is 0 Å². The van der Waals surface area contributed by atoms with E-state index in [1.165, 1.54) is 12.8 Å². The van der Waals surface area contributed by atoms with Gasteiger partial charge in [-0.1, -0.05) is 0 Å². The van der Waals surface area contributed by atoms with Crippen LogP contribution < -0.4 is 10.6 Å². The minimum Gasteiger partial charge on any atom is -0.475 e. The summed E-state index contributed by atoms with van der Waals surface area (Å²) in [5.41, 5.74) is 3.97. The fourth-order valence-corrected chi connectivity index (χ4v) is 6.55. The highest BCUT2D eigenvalue weighted by atomic mass is 32.1. The summed E-state index contributed by atoms with van der Waals surface area (Å²) in [5, 5.41) is 37.4. The molecule has 2 saturated heterocycles. The number of thiazole rings is 2. The Morgan fingerprint density at radius 2 is 0.833 bits per heavy atom. The lowest BCUT2D eigenvalue weighted by Crippen LogP contribution is -2.21. The number of aliphatic carboxylic acids is 4. The Morgan fingerprint density at radius 1 is 0.550 bits per heavy atom. The number of carboxylic acid groups (broad SMARTS) is 4. The van der Waals surface area contributed by atoms with Crippen molar-refractivity contribution in [2.75, 3.05) is 13.1 Å². The molecule has 2 atom stereocenters. The third-order valence-electron chi connectivity index (χ3n) is 7.30. The first-order chi connectivity index (χ1) is 27.6. The van der Waals surface area contributed by atoms with Crippen LogP contribution in [0.4, 0.5) is 52.7 Å². The van der Waals surface area contributed by atoms with Crippen molar-refractivity contribution in [2.45, 2.75) is 62.5 Å². The third kappa shape index (κ3) is 14.3. The van der Waals surface area contributed by atoms with Gasteiger partial charge >= 0.3 is 48.6 Å². The normalized spacial score (nSPS) is 16.7. The molecule has 60 heavy (non-hydrogen) atoms. The van der Waals surface area contributed by atoms with Crippen LogP contribution in [0, 0.1) is 0 Å². The van der Waals surface area contributed by atoms with E-state index in [9.17, 15) is 52.7 Å². The lowest BCUT2D eigenvalue weighted by Gasteiger charge is -2.04. The fourth-order valence-electron chi connectivity index (χ4n) is 4.66. The van der Waals surface area contributed by atoms with Crippen molar-refractivity contribution in [3.63, 3.8) is 0 Å². The van der Waals surface area contributed by atoms with E-state index in [-0.39, 0.29) is 0 Å². The van der Waals surface area contributed by atoms with Crippen LogP contribution in [0.2, 0.25) is 0 Å². The number of hydrogen-bond acceptors (Lipinski definition) is 12. The average molecular weight is 919 g/mol. The minimum atomic E-state index is -5.08. The second kappa shape index (κ2) is 19.6. The Hall–Kier alpha value is -5.62. The molecular weight excluding hydrogens is 892 g/mol. The Bertz CT molecular complexity index is 2000. The molecule has 4 aromatic heterocycles. The molecule has 30 heteroatoms. The van der Waals surface area contributed by atoms with E-state index in [0.717, 1.165) is 79.4 Å². The first-order valence-corrected chi connectivity index (χ1v) is 17.7. The maximum atomic E-state index is 10.6. The van der Waals surface area contributed by atoms with Crippen molar-refractivity contribution in [1.29, 1.82) is 0 Å². The number of halogens is 12. The molecule has 6 heterocycles. The van der Waals surface area contributed by atoms with Gasteiger partial charge in [-0.15, -0.1) is 22.7 Å². The fraction of sp³-hybridized carbons (Fsp3) is 0.400. The topological polar surface area (TPSA) is 256 Å². The van der Waals surface area contributed by atoms with Crippen LogP contribution in [0.5, 0.6) is 0 Å². The molecular formula is C30H26F12N8O8S2. The van der Waals surface area contributed by atoms with E-state index in [1.54, 1.807) is 22.7 Å². The quantitative estimate of drug-likeness (QED) is 0.0840. The Balaban J connectivity index is 0.000000281. The predicted octanol–water partition coefficient (Wildman–Crippen LogP) is 7.07. The molecule has 16 nitrogen and oxygen atoms in total. The number of hydrogen-bond donors (Lipinski definition) is 8. The van der Waals surface area contributed by atoms with Crippen molar-refractivity contribution in [1.82, 2.24) is 40.5 Å². The predicted molar refractivity (Wildman–Crippen MR) is 183 cm³/mol. The van der Waals surface area contributed by atoms with Crippen LogP contribution in [0.1, 0.15) is 49.4 Å². The largest absolute Gasteiger partial charge is 0.490 e. The number of carbonyl (C=O) groups is 4. The number of carboxylic acids is 4. The maximum Gasteiger partial charge on any atom is 0.490 e. The van der Waals surface area contributed by atoms with Gasteiger partial charge in [0.05, 0.1) is 56.3 Å². The van der Waals surface area contributed by atoms with Crippen molar-refractivity contribution in [3.8, 4) is 21.4 Å². The highest BCUT2D eigenvalue weighted by Gasteiger charge is 2.40. The number of H-pyrrole nitrogens is 2. The van der Waals surface area contributed by atoms with Gasteiger partial charge in [0.25, 0.3) is 0 Å². The number of aromatic nitrogens is 6. The molecule has 0 spiro atoms. The number of nitrogens with one attached hydrogen (secondary N) is 4. The van der Waals surface area contributed by atoms with Crippen LogP contribution in [-0.2, 0) is 19.2 Å². The first kappa shape index (κ1) is 48.7. The van der Waals surface area contributed by atoms with E-state index < -0.39 is 48.6 Å². The summed E-state index contributed by atoms with van der Waals surface area (Å²) in [6, 6.07) is 4.96. The SMILES string of the molecule is O=C(O)C(F)(F)F.O=C(O)C(F)(F)F.O=C(O)C(F)(F)F.O=C(O)C(F)(F)F.c1nc([C@@H]2CCCN2)[nH]c1-c1nc2cc3sc(-c4cnc([C@@H]5CCCN5)[nH]4)nc3cc2s1. The molecule has 2 aliphatic heterocycles. The molecule has 0 amide bonds. The van der Waals surface area contributed by atoms with Gasteiger partial charge in [0.15, 0.2) is 0 Å².